The summed E-state index contributed by atoms with van der Waals surface area (Å²) in [5, 5.41) is 18.3. The van der Waals surface area contributed by atoms with Crippen LogP contribution in [0.3, 0.4) is 0 Å². The molecule has 0 saturated carbocycles. The predicted molar refractivity (Wildman–Crippen MR) is 97.5 cm³/mol. The molecule has 0 unspecified atom stereocenters. The fraction of sp³-hybridized carbons (Fsp3) is 0.526. The molecule has 1 atom stereocenters. The molecule has 3 rings (SSSR count). The zero-order chi connectivity index (χ0) is 17.1. The van der Waals surface area contributed by atoms with Crippen molar-refractivity contribution in [3.05, 3.63) is 46.2 Å². The number of nitrogens with zero attached hydrogens (tertiary/aromatic N) is 2. The van der Waals surface area contributed by atoms with Crippen molar-refractivity contribution < 1.29 is 5.11 Å². The number of benzene rings is 1. The molecule has 0 radical (unpaired) electrons. The van der Waals surface area contributed by atoms with Crippen molar-refractivity contribution in [1.29, 1.82) is 0 Å². The third-order valence-electron chi connectivity index (χ3n) is 4.73. The molecule has 1 aliphatic heterocycles. The maximum absolute atomic E-state index is 10.1. The highest BCUT2D eigenvalue weighted by atomic mass is 35.5. The van der Waals surface area contributed by atoms with Gasteiger partial charge < -0.3 is 5.11 Å². The second-order valence-electron chi connectivity index (χ2n) is 7.25. The van der Waals surface area contributed by atoms with Crippen LogP contribution in [0.1, 0.15) is 49.4 Å². The Morgan fingerprint density at radius 3 is 3.00 bits per heavy atom. The molecule has 4 nitrogen and oxygen atoms in total. The Morgan fingerprint density at radius 2 is 2.21 bits per heavy atom. The second-order valence-corrected chi connectivity index (χ2v) is 7.69. The molecule has 1 fully saturated rings. The van der Waals surface area contributed by atoms with Gasteiger partial charge in [-0.1, -0.05) is 25.4 Å². The molecular formula is C19H26ClN3O. The van der Waals surface area contributed by atoms with E-state index in [0.717, 1.165) is 38.0 Å². The SMILES string of the molecule is CC(C)Cc1cn[nH]c1[C@H]1CCCN(Cc2cc(Cl)ccc2O)C1. The Kier molecular flexibility index (Phi) is 5.47. The van der Waals surface area contributed by atoms with E-state index in [9.17, 15) is 5.11 Å². The number of H-pyrrole nitrogens is 1. The summed E-state index contributed by atoms with van der Waals surface area (Å²) < 4.78 is 0. The van der Waals surface area contributed by atoms with Crippen molar-refractivity contribution in [2.24, 2.45) is 5.92 Å². The lowest BCUT2D eigenvalue weighted by molar-refractivity contribution is 0.196. The maximum Gasteiger partial charge on any atom is 0.120 e. The van der Waals surface area contributed by atoms with E-state index in [1.807, 2.05) is 12.3 Å². The lowest BCUT2D eigenvalue weighted by atomic mass is 9.90. The van der Waals surface area contributed by atoms with Gasteiger partial charge in [0.05, 0.1) is 6.20 Å². The first-order valence-electron chi connectivity index (χ1n) is 8.75. The van der Waals surface area contributed by atoms with Crippen LogP contribution in [0.15, 0.2) is 24.4 Å². The Bertz CT molecular complexity index is 683. The van der Waals surface area contributed by atoms with Gasteiger partial charge in [0.15, 0.2) is 0 Å². The van der Waals surface area contributed by atoms with Crippen molar-refractivity contribution in [3.63, 3.8) is 0 Å². The van der Waals surface area contributed by atoms with Gasteiger partial charge >= 0.3 is 0 Å². The van der Waals surface area contributed by atoms with E-state index in [4.69, 9.17) is 11.6 Å². The van der Waals surface area contributed by atoms with E-state index in [2.05, 4.69) is 28.9 Å². The standard InChI is InChI=1S/C19H26ClN3O/c1-13(2)8-15-10-21-22-19(15)14-4-3-7-23(11-14)12-16-9-17(20)5-6-18(16)24/h5-6,9-10,13-14,24H,3-4,7-8,11-12H2,1-2H3,(H,21,22)/t14-/m0/s1. The van der Waals surface area contributed by atoms with Crippen LogP contribution in [-0.4, -0.2) is 33.3 Å². The van der Waals surface area contributed by atoms with Crippen molar-refractivity contribution in [1.82, 2.24) is 15.1 Å². The molecule has 2 N–H and O–H groups in total. The molecule has 0 spiro atoms. The van der Waals surface area contributed by atoms with Gasteiger partial charge in [-0.05, 0) is 55.5 Å². The fourth-order valence-electron chi connectivity index (χ4n) is 3.63. The first-order chi connectivity index (χ1) is 11.5. The van der Waals surface area contributed by atoms with E-state index in [1.165, 1.54) is 17.7 Å². The van der Waals surface area contributed by atoms with Crippen LogP contribution in [0.4, 0.5) is 0 Å². The maximum atomic E-state index is 10.1. The molecule has 1 aromatic carbocycles. The normalized spacial score (nSPS) is 19.1. The number of nitrogens with one attached hydrogen (secondary N) is 1. The first kappa shape index (κ1) is 17.3. The number of hydrogen-bond donors (Lipinski definition) is 2. The number of aromatic amines is 1. The molecule has 1 aliphatic rings. The van der Waals surface area contributed by atoms with Crippen LogP contribution in [0, 0.1) is 5.92 Å². The second kappa shape index (κ2) is 7.58. The number of likely N-dealkylation sites (tertiary alicyclic amines) is 1. The number of rotatable bonds is 5. The summed E-state index contributed by atoms with van der Waals surface area (Å²) >= 11 is 6.07. The molecule has 2 heterocycles. The lowest BCUT2D eigenvalue weighted by Crippen LogP contribution is -2.34. The lowest BCUT2D eigenvalue weighted by Gasteiger charge is -2.33. The van der Waals surface area contributed by atoms with Crippen LogP contribution in [-0.2, 0) is 13.0 Å². The average Bonchev–Trinajstić information content (AvgIpc) is 2.98. The number of phenols is 1. The number of aromatic hydroxyl groups is 1. The van der Waals surface area contributed by atoms with Crippen molar-refractivity contribution in [2.45, 2.75) is 45.6 Å². The molecule has 130 valence electrons. The van der Waals surface area contributed by atoms with Crippen molar-refractivity contribution in [3.8, 4) is 5.75 Å². The van der Waals surface area contributed by atoms with Gasteiger partial charge in [-0.3, -0.25) is 10.00 Å². The van der Waals surface area contributed by atoms with Gasteiger partial charge in [-0.2, -0.15) is 5.10 Å². The highest BCUT2D eigenvalue weighted by molar-refractivity contribution is 6.30. The molecule has 2 aromatic rings. The number of piperidine rings is 1. The topological polar surface area (TPSA) is 52.2 Å². The van der Waals surface area contributed by atoms with E-state index in [1.54, 1.807) is 12.1 Å². The predicted octanol–water partition coefficient (Wildman–Crippen LogP) is 4.35. The van der Waals surface area contributed by atoms with Crippen LogP contribution >= 0.6 is 11.6 Å². The van der Waals surface area contributed by atoms with E-state index in [0.29, 0.717) is 22.6 Å². The first-order valence-corrected chi connectivity index (χ1v) is 9.12. The average molecular weight is 348 g/mol. The number of aromatic nitrogens is 2. The van der Waals surface area contributed by atoms with E-state index < -0.39 is 0 Å². The minimum atomic E-state index is 0.323. The van der Waals surface area contributed by atoms with E-state index >= 15 is 0 Å². The summed E-state index contributed by atoms with van der Waals surface area (Å²) in [4.78, 5) is 2.40. The quantitative estimate of drug-likeness (QED) is 0.845. The number of phenolic OH excluding ortho intramolecular Hbond substituents is 1. The molecule has 1 saturated heterocycles. The minimum absolute atomic E-state index is 0.323. The fourth-order valence-corrected chi connectivity index (χ4v) is 3.83. The summed E-state index contributed by atoms with van der Waals surface area (Å²) in [5.74, 6) is 1.43. The monoisotopic (exact) mass is 347 g/mol. The molecular weight excluding hydrogens is 322 g/mol. The molecule has 0 amide bonds. The Labute approximate surface area is 148 Å². The minimum Gasteiger partial charge on any atom is -0.508 e. The highest BCUT2D eigenvalue weighted by Gasteiger charge is 2.25. The van der Waals surface area contributed by atoms with E-state index in [-0.39, 0.29) is 0 Å². The third-order valence-corrected chi connectivity index (χ3v) is 4.96. The van der Waals surface area contributed by atoms with Gasteiger partial charge in [-0.15, -0.1) is 0 Å². The Balaban J connectivity index is 1.71. The summed E-state index contributed by atoms with van der Waals surface area (Å²) in [6.45, 7) is 7.25. The zero-order valence-corrected chi connectivity index (χ0v) is 15.2. The molecule has 5 heteroatoms. The summed E-state index contributed by atoms with van der Waals surface area (Å²) in [5.41, 5.74) is 3.54. The van der Waals surface area contributed by atoms with Crippen LogP contribution in [0.25, 0.3) is 0 Å². The summed E-state index contributed by atoms with van der Waals surface area (Å²) in [6.07, 6.45) is 5.39. The third kappa shape index (κ3) is 4.11. The molecule has 1 aromatic heterocycles. The van der Waals surface area contributed by atoms with Crippen LogP contribution < -0.4 is 0 Å². The smallest absolute Gasteiger partial charge is 0.120 e. The Hall–Kier alpha value is -1.52. The van der Waals surface area contributed by atoms with Gasteiger partial charge in [0.2, 0.25) is 0 Å². The van der Waals surface area contributed by atoms with Crippen molar-refractivity contribution in [2.75, 3.05) is 13.1 Å². The number of halogens is 1. The number of hydrogen-bond acceptors (Lipinski definition) is 3. The van der Waals surface area contributed by atoms with Gasteiger partial charge in [0.25, 0.3) is 0 Å². The van der Waals surface area contributed by atoms with Crippen molar-refractivity contribution >= 4 is 11.6 Å². The molecule has 0 bridgehead atoms. The molecule has 0 aliphatic carbocycles. The van der Waals surface area contributed by atoms with Gasteiger partial charge in [-0.25, -0.2) is 0 Å². The van der Waals surface area contributed by atoms with Gasteiger partial charge in [0.1, 0.15) is 5.75 Å². The largest absolute Gasteiger partial charge is 0.508 e. The Morgan fingerprint density at radius 1 is 1.38 bits per heavy atom. The summed E-state index contributed by atoms with van der Waals surface area (Å²) in [7, 11) is 0. The van der Waals surface area contributed by atoms with Gasteiger partial charge in [0, 0.05) is 35.3 Å². The molecule has 24 heavy (non-hydrogen) atoms. The highest BCUT2D eigenvalue weighted by Crippen LogP contribution is 2.31. The van der Waals surface area contributed by atoms with Crippen LogP contribution in [0.2, 0.25) is 5.02 Å². The van der Waals surface area contributed by atoms with Crippen LogP contribution in [0.5, 0.6) is 5.75 Å². The zero-order valence-electron chi connectivity index (χ0n) is 14.4. The summed E-state index contributed by atoms with van der Waals surface area (Å²) in [6, 6.07) is 5.26.